The summed E-state index contributed by atoms with van der Waals surface area (Å²) in [6, 6.07) is 10.8. The molecule has 19 heavy (non-hydrogen) atoms. The minimum atomic E-state index is 0.709. The van der Waals surface area contributed by atoms with E-state index in [4.69, 9.17) is 0 Å². The highest BCUT2D eigenvalue weighted by Gasteiger charge is 2.02. The summed E-state index contributed by atoms with van der Waals surface area (Å²) in [5.41, 5.74) is 1.46. The van der Waals surface area contributed by atoms with Crippen LogP contribution in [0.5, 0.6) is 0 Å². The summed E-state index contributed by atoms with van der Waals surface area (Å²) >= 11 is 0. The molecular weight excluding hydrogens is 228 g/mol. The van der Waals surface area contributed by atoms with Crippen molar-refractivity contribution < 1.29 is 0 Å². The number of aryl methyl sites for hydroxylation is 1. The molecule has 0 aliphatic heterocycles. The topological polar surface area (TPSA) is 0 Å². The lowest BCUT2D eigenvalue weighted by molar-refractivity contribution is 0.628. The zero-order valence-corrected chi connectivity index (χ0v) is 12.5. The van der Waals surface area contributed by atoms with Crippen molar-refractivity contribution in [2.45, 2.75) is 52.4 Å². The van der Waals surface area contributed by atoms with Crippen LogP contribution in [0.4, 0.5) is 0 Å². The van der Waals surface area contributed by atoms with Crippen LogP contribution in [0, 0.1) is 5.92 Å². The summed E-state index contributed by atoms with van der Waals surface area (Å²) in [6.07, 6.45) is 17.1. The number of hydrogen-bond acceptors (Lipinski definition) is 0. The SMILES string of the molecule is C1=CC(/C=C/CCCc2ccccc2)CCC1.CC. The Kier molecular flexibility index (Phi) is 8.80. The number of unbranched alkanes of at least 4 members (excludes halogenated alkanes) is 1. The standard InChI is InChI=1S/C17H22.C2H6/c1-4-10-16(11-5-1)14-8-3-9-15-17-12-6-2-7-13-17;1-2/h1,4-6,9-12,15,17H,2-3,7-8,13-14H2;1-2H3/b15-9+;. The third kappa shape index (κ3) is 7.00. The van der Waals surface area contributed by atoms with Crippen LogP contribution in [-0.4, -0.2) is 0 Å². The molecule has 1 aromatic carbocycles. The summed E-state index contributed by atoms with van der Waals surface area (Å²) in [5.74, 6) is 0.709. The van der Waals surface area contributed by atoms with Gasteiger partial charge in [0.25, 0.3) is 0 Å². The maximum Gasteiger partial charge on any atom is -0.00534 e. The Morgan fingerprint density at radius 1 is 1.16 bits per heavy atom. The van der Waals surface area contributed by atoms with Gasteiger partial charge in [0.2, 0.25) is 0 Å². The van der Waals surface area contributed by atoms with E-state index in [2.05, 4.69) is 54.6 Å². The summed E-state index contributed by atoms with van der Waals surface area (Å²) in [6.45, 7) is 4.00. The van der Waals surface area contributed by atoms with Crippen molar-refractivity contribution in [2.75, 3.05) is 0 Å². The second-order valence-corrected chi connectivity index (χ2v) is 4.83. The zero-order chi connectivity index (χ0) is 13.8. The molecule has 0 saturated heterocycles. The average molecular weight is 256 g/mol. The van der Waals surface area contributed by atoms with Crippen LogP contribution in [0.25, 0.3) is 0 Å². The Morgan fingerprint density at radius 2 is 1.95 bits per heavy atom. The smallest absolute Gasteiger partial charge is 0.00534 e. The highest BCUT2D eigenvalue weighted by atomic mass is 14.1. The third-order valence-corrected chi connectivity index (χ3v) is 3.35. The maximum atomic E-state index is 2.39. The van der Waals surface area contributed by atoms with E-state index >= 15 is 0 Å². The van der Waals surface area contributed by atoms with E-state index in [1.165, 1.54) is 44.1 Å². The van der Waals surface area contributed by atoms with Crippen molar-refractivity contribution in [1.29, 1.82) is 0 Å². The molecule has 0 heteroatoms. The van der Waals surface area contributed by atoms with Crippen LogP contribution in [0.3, 0.4) is 0 Å². The molecule has 0 heterocycles. The van der Waals surface area contributed by atoms with Gasteiger partial charge in [-0.3, -0.25) is 0 Å². The number of rotatable bonds is 5. The van der Waals surface area contributed by atoms with Gasteiger partial charge in [-0.1, -0.05) is 68.5 Å². The molecule has 0 aromatic heterocycles. The first-order valence-electron chi connectivity index (χ1n) is 7.82. The van der Waals surface area contributed by atoms with Gasteiger partial charge in [-0.25, -0.2) is 0 Å². The molecule has 1 aromatic rings. The number of hydrogen-bond donors (Lipinski definition) is 0. The van der Waals surface area contributed by atoms with Crippen LogP contribution in [0.2, 0.25) is 0 Å². The molecule has 0 N–H and O–H groups in total. The Hall–Kier alpha value is -1.30. The van der Waals surface area contributed by atoms with Gasteiger partial charge < -0.3 is 0 Å². The molecule has 2 rings (SSSR count). The fourth-order valence-corrected chi connectivity index (χ4v) is 2.34. The van der Waals surface area contributed by atoms with Crippen molar-refractivity contribution >= 4 is 0 Å². The molecule has 1 aliphatic carbocycles. The van der Waals surface area contributed by atoms with Crippen LogP contribution < -0.4 is 0 Å². The van der Waals surface area contributed by atoms with Crippen LogP contribution in [-0.2, 0) is 6.42 Å². The molecule has 0 bridgehead atoms. The summed E-state index contributed by atoms with van der Waals surface area (Å²) in [5, 5.41) is 0. The largest absolute Gasteiger partial charge is 0.0879 e. The molecule has 104 valence electrons. The van der Waals surface area contributed by atoms with E-state index < -0.39 is 0 Å². The minimum absolute atomic E-state index is 0.709. The average Bonchev–Trinajstić information content (AvgIpc) is 2.51. The van der Waals surface area contributed by atoms with Crippen molar-refractivity contribution in [1.82, 2.24) is 0 Å². The van der Waals surface area contributed by atoms with Gasteiger partial charge in [0.1, 0.15) is 0 Å². The van der Waals surface area contributed by atoms with Gasteiger partial charge in [-0.15, -0.1) is 0 Å². The molecule has 0 saturated carbocycles. The van der Waals surface area contributed by atoms with Crippen LogP contribution >= 0.6 is 0 Å². The van der Waals surface area contributed by atoms with Gasteiger partial charge in [0.15, 0.2) is 0 Å². The van der Waals surface area contributed by atoms with Crippen molar-refractivity contribution in [2.24, 2.45) is 5.92 Å². The lowest BCUT2D eigenvalue weighted by atomic mass is 9.95. The lowest BCUT2D eigenvalue weighted by Gasteiger charge is -2.11. The normalized spacial score (nSPS) is 18.1. The molecule has 0 fully saturated rings. The lowest BCUT2D eigenvalue weighted by Crippen LogP contribution is -1.96. The Bertz CT molecular complexity index is 359. The van der Waals surface area contributed by atoms with Gasteiger partial charge >= 0.3 is 0 Å². The molecule has 0 radical (unpaired) electrons. The summed E-state index contributed by atoms with van der Waals surface area (Å²) in [4.78, 5) is 0. The van der Waals surface area contributed by atoms with E-state index in [0.29, 0.717) is 5.92 Å². The first kappa shape index (κ1) is 15.8. The summed E-state index contributed by atoms with van der Waals surface area (Å²) < 4.78 is 0. The van der Waals surface area contributed by atoms with E-state index in [0.717, 1.165) is 0 Å². The minimum Gasteiger partial charge on any atom is -0.0879 e. The first-order valence-corrected chi connectivity index (χ1v) is 7.82. The Labute approximate surface area is 119 Å². The zero-order valence-electron chi connectivity index (χ0n) is 12.5. The van der Waals surface area contributed by atoms with Crippen molar-refractivity contribution in [3.63, 3.8) is 0 Å². The van der Waals surface area contributed by atoms with E-state index in [1.807, 2.05) is 13.8 Å². The van der Waals surface area contributed by atoms with Crippen LogP contribution in [0.1, 0.15) is 51.5 Å². The second kappa shape index (κ2) is 10.6. The molecule has 0 nitrogen and oxygen atoms in total. The number of allylic oxidation sites excluding steroid dienone is 4. The monoisotopic (exact) mass is 256 g/mol. The van der Waals surface area contributed by atoms with Gasteiger partial charge in [-0.05, 0) is 50.0 Å². The first-order chi connectivity index (χ1) is 9.45. The predicted molar refractivity (Wildman–Crippen MR) is 86.3 cm³/mol. The molecule has 1 aliphatic rings. The fraction of sp³-hybridized carbons (Fsp3) is 0.474. The molecule has 0 amide bonds. The van der Waals surface area contributed by atoms with Gasteiger partial charge in [0, 0.05) is 0 Å². The molecule has 0 spiro atoms. The third-order valence-electron chi connectivity index (χ3n) is 3.35. The Balaban J connectivity index is 0.000000861. The van der Waals surface area contributed by atoms with Gasteiger partial charge in [-0.2, -0.15) is 0 Å². The Morgan fingerprint density at radius 3 is 2.63 bits per heavy atom. The van der Waals surface area contributed by atoms with Crippen molar-refractivity contribution in [3.05, 3.63) is 60.2 Å². The van der Waals surface area contributed by atoms with Gasteiger partial charge in [0.05, 0.1) is 0 Å². The highest BCUT2D eigenvalue weighted by molar-refractivity contribution is 5.14. The van der Waals surface area contributed by atoms with E-state index in [9.17, 15) is 0 Å². The predicted octanol–water partition coefficient (Wildman–Crippen LogP) is 5.95. The second-order valence-electron chi connectivity index (χ2n) is 4.83. The van der Waals surface area contributed by atoms with Crippen LogP contribution in [0.15, 0.2) is 54.6 Å². The number of benzene rings is 1. The van der Waals surface area contributed by atoms with E-state index in [-0.39, 0.29) is 0 Å². The fourth-order valence-electron chi connectivity index (χ4n) is 2.34. The highest BCUT2D eigenvalue weighted by Crippen LogP contribution is 2.18. The van der Waals surface area contributed by atoms with Crippen molar-refractivity contribution in [3.8, 4) is 0 Å². The quantitative estimate of drug-likeness (QED) is 0.451. The summed E-state index contributed by atoms with van der Waals surface area (Å²) in [7, 11) is 0. The van der Waals surface area contributed by atoms with E-state index in [1.54, 1.807) is 0 Å². The molecule has 1 atom stereocenters. The maximum absolute atomic E-state index is 2.39. The molecule has 1 unspecified atom stereocenters. The molecular formula is C19H28.